The molecular weight excluding hydrogens is 443 g/mol. The van der Waals surface area contributed by atoms with Crippen molar-refractivity contribution in [1.82, 2.24) is 9.97 Å². The van der Waals surface area contributed by atoms with E-state index in [9.17, 15) is 10.2 Å². The van der Waals surface area contributed by atoms with Gasteiger partial charge in [0.1, 0.15) is 21.5 Å². The minimum Gasteiger partial charge on any atom is -0.507 e. The van der Waals surface area contributed by atoms with E-state index in [1.165, 1.54) is 0 Å². The topological polar surface area (TPSA) is 66.2 Å². The summed E-state index contributed by atoms with van der Waals surface area (Å²) in [4.78, 5) is 9.00. The number of hydrogen-bond acceptors (Lipinski definition) is 6. The molecule has 6 aromatic rings. The second-order valence-electron chi connectivity index (χ2n) is 7.01. The minimum absolute atomic E-state index is 0. The van der Waals surface area contributed by atoms with Crippen LogP contribution >= 0.6 is 22.7 Å². The Hall–Kier alpha value is -3.14. The quantitative estimate of drug-likeness (QED) is 0.274. The van der Waals surface area contributed by atoms with Crippen molar-refractivity contribution in [3.8, 4) is 32.6 Å². The molecule has 0 saturated carbocycles. The van der Waals surface area contributed by atoms with Gasteiger partial charge in [-0.15, -0.1) is 22.7 Å². The van der Waals surface area contributed by atoms with E-state index in [2.05, 4.69) is 9.97 Å². The minimum atomic E-state index is 0. The zero-order valence-corrected chi connectivity index (χ0v) is 19.5. The van der Waals surface area contributed by atoms with Gasteiger partial charge in [0.05, 0.1) is 31.6 Å². The number of thiazole rings is 2. The summed E-state index contributed by atoms with van der Waals surface area (Å²) in [6.07, 6.45) is 0. The molecule has 0 aliphatic heterocycles. The van der Waals surface area contributed by atoms with Crippen LogP contribution in [0.3, 0.4) is 0 Å². The number of phenolic OH excluding ortho intramolecular Hbond substituents is 2. The van der Waals surface area contributed by atoms with Gasteiger partial charge >= 0.3 is 0 Å². The average molecular weight is 462 g/mol. The van der Waals surface area contributed by atoms with E-state index in [1.54, 1.807) is 34.8 Å². The largest absolute Gasteiger partial charge is 0.507 e. The summed E-state index contributed by atoms with van der Waals surface area (Å²) in [6, 6.07) is 30.5. The number of fused-ring (bicyclic) bond motifs is 2. The monoisotopic (exact) mass is 461 g/mol. The molecule has 2 N–H and O–H groups in total. The van der Waals surface area contributed by atoms with Crippen molar-refractivity contribution in [2.24, 2.45) is 0 Å². The SMILES string of the molecule is Oc1ccccc1-c1nc2ccccc2s1.Oc1ccccc1-c1nc2ccccc2s1.[Li]. The molecule has 33 heavy (non-hydrogen) atoms. The molecule has 4 nitrogen and oxygen atoms in total. The van der Waals surface area contributed by atoms with Crippen molar-refractivity contribution in [3.63, 3.8) is 0 Å². The van der Waals surface area contributed by atoms with E-state index in [0.29, 0.717) is 0 Å². The van der Waals surface area contributed by atoms with E-state index in [4.69, 9.17) is 0 Å². The standard InChI is InChI=1S/2C13H9NOS.Li/c2*15-11-7-3-1-5-9(11)13-14-10-6-2-4-8-12(10)16-13;/h2*1-8,15H;. The summed E-state index contributed by atoms with van der Waals surface area (Å²) < 4.78 is 2.28. The maximum atomic E-state index is 9.76. The molecule has 0 bridgehead atoms. The summed E-state index contributed by atoms with van der Waals surface area (Å²) >= 11 is 3.19. The molecular formula is C26H18LiN2O2S2. The summed E-state index contributed by atoms with van der Waals surface area (Å²) in [5.74, 6) is 0.558. The van der Waals surface area contributed by atoms with E-state index in [-0.39, 0.29) is 30.4 Å². The first-order chi connectivity index (χ1) is 15.7. The Balaban J connectivity index is 0.000000152. The Morgan fingerprint density at radius 1 is 0.485 bits per heavy atom. The third-order valence-corrected chi connectivity index (χ3v) is 7.00. The Morgan fingerprint density at radius 2 is 0.848 bits per heavy atom. The molecule has 0 aliphatic rings. The van der Waals surface area contributed by atoms with Gasteiger partial charge in [-0.25, -0.2) is 9.97 Å². The van der Waals surface area contributed by atoms with Crippen LogP contribution < -0.4 is 0 Å². The number of benzene rings is 4. The number of aromatic hydroxyl groups is 2. The summed E-state index contributed by atoms with van der Waals surface area (Å²) in [6.45, 7) is 0. The van der Waals surface area contributed by atoms with Crippen molar-refractivity contribution in [2.45, 2.75) is 0 Å². The molecule has 4 aromatic carbocycles. The predicted octanol–water partition coefficient (Wildman–Crippen LogP) is 6.96. The molecule has 0 unspecified atom stereocenters. The van der Waals surface area contributed by atoms with Crippen molar-refractivity contribution in [1.29, 1.82) is 0 Å². The van der Waals surface area contributed by atoms with E-state index in [0.717, 1.165) is 41.6 Å². The molecule has 0 saturated heterocycles. The summed E-state index contributed by atoms with van der Waals surface area (Å²) in [7, 11) is 0. The first-order valence-corrected chi connectivity index (χ1v) is 11.6. The Kier molecular flexibility index (Phi) is 7.12. The van der Waals surface area contributed by atoms with Gasteiger partial charge < -0.3 is 10.2 Å². The molecule has 1 radical (unpaired) electrons. The van der Waals surface area contributed by atoms with Gasteiger partial charge in [-0.2, -0.15) is 0 Å². The Labute approximate surface area is 211 Å². The number of hydrogen-bond donors (Lipinski definition) is 2. The van der Waals surface area contributed by atoms with Crippen LogP contribution in [-0.2, 0) is 0 Å². The summed E-state index contributed by atoms with van der Waals surface area (Å²) in [5, 5.41) is 21.2. The normalized spacial score (nSPS) is 10.4. The van der Waals surface area contributed by atoms with Gasteiger partial charge in [0, 0.05) is 18.9 Å². The maximum absolute atomic E-state index is 9.76. The van der Waals surface area contributed by atoms with Crippen LogP contribution in [0.25, 0.3) is 41.6 Å². The van der Waals surface area contributed by atoms with Crippen LogP contribution in [0.15, 0.2) is 97.1 Å². The number of para-hydroxylation sites is 4. The fourth-order valence-corrected chi connectivity index (χ4v) is 5.28. The van der Waals surface area contributed by atoms with Crippen LogP contribution in [-0.4, -0.2) is 39.0 Å². The van der Waals surface area contributed by atoms with Crippen LogP contribution in [0.4, 0.5) is 0 Å². The predicted molar refractivity (Wildman–Crippen MR) is 139 cm³/mol. The summed E-state index contributed by atoms with van der Waals surface area (Å²) in [5.41, 5.74) is 3.55. The smallest absolute Gasteiger partial charge is 0.128 e. The van der Waals surface area contributed by atoms with Crippen molar-refractivity contribution in [2.75, 3.05) is 0 Å². The third kappa shape index (κ3) is 4.95. The third-order valence-electron chi connectivity index (χ3n) is 4.86. The van der Waals surface area contributed by atoms with Gasteiger partial charge in [0.25, 0.3) is 0 Å². The van der Waals surface area contributed by atoms with E-state index < -0.39 is 0 Å². The van der Waals surface area contributed by atoms with Gasteiger partial charge in [-0.05, 0) is 48.5 Å². The van der Waals surface area contributed by atoms with E-state index >= 15 is 0 Å². The zero-order chi connectivity index (χ0) is 21.9. The van der Waals surface area contributed by atoms with Crippen LogP contribution in [0.2, 0.25) is 0 Å². The second-order valence-corrected chi connectivity index (χ2v) is 9.07. The van der Waals surface area contributed by atoms with Crippen molar-refractivity contribution < 1.29 is 10.2 Å². The fourth-order valence-electron chi connectivity index (χ4n) is 3.28. The Bertz CT molecular complexity index is 1350. The molecule has 2 heterocycles. The molecule has 6 rings (SSSR count). The molecule has 0 aliphatic carbocycles. The van der Waals surface area contributed by atoms with Crippen molar-refractivity contribution >= 4 is 62.0 Å². The first kappa shape index (κ1) is 23.0. The molecule has 2 aromatic heterocycles. The molecule has 0 atom stereocenters. The number of aromatic nitrogens is 2. The van der Waals surface area contributed by atoms with Crippen molar-refractivity contribution in [3.05, 3.63) is 97.1 Å². The van der Waals surface area contributed by atoms with Gasteiger partial charge in [0.15, 0.2) is 0 Å². The fraction of sp³-hybridized carbons (Fsp3) is 0. The van der Waals surface area contributed by atoms with Gasteiger partial charge in [-0.3, -0.25) is 0 Å². The molecule has 0 spiro atoms. The average Bonchev–Trinajstić information content (AvgIpc) is 3.44. The molecule has 0 amide bonds. The van der Waals surface area contributed by atoms with E-state index in [1.807, 2.05) is 84.9 Å². The molecule has 7 heteroatoms. The second kappa shape index (κ2) is 10.2. The molecule has 0 fully saturated rings. The van der Waals surface area contributed by atoms with Crippen LogP contribution in [0.5, 0.6) is 11.5 Å². The van der Waals surface area contributed by atoms with Gasteiger partial charge in [0.2, 0.25) is 0 Å². The maximum Gasteiger partial charge on any atom is 0.128 e. The first-order valence-electron chi connectivity index (χ1n) is 9.97. The van der Waals surface area contributed by atoms with Gasteiger partial charge in [-0.1, -0.05) is 48.5 Å². The molecule has 157 valence electrons. The number of phenols is 2. The Morgan fingerprint density at radius 3 is 1.24 bits per heavy atom. The zero-order valence-electron chi connectivity index (χ0n) is 17.8. The number of nitrogens with zero attached hydrogens (tertiary/aromatic N) is 2. The van der Waals surface area contributed by atoms with Crippen LogP contribution in [0.1, 0.15) is 0 Å². The van der Waals surface area contributed by atoms with Crippen LogP contribution in [0, 0.1) is 0 Å². The number of rotatable bonds is 2.